The van der Waals surface area contributed by atoms with Crippen LogP contribution in [0.2, 0.25) is 0 Å². The zero-order valence-corrected chi connectivity index (χ0v) is 13.8. The molecule has 1 aromatic rings. The molecule has 1 saturated heterocycles. The van der Waals surface area contributed by atoms with Crippen LogP contribution in [0.5, 0.6) is 0 Å². The average Bonchev–Trinajstić information content (AvgIpc) is 2.61. The van der Waals surface area contributed by atoms with E-state index in [0.717, 1.165) is 11.1 Å². The molecule has 1 aromatic carbocycles. The van der Waals surface area contributed by atoms with Crippen molar-refractivity contribution in [1.29, 1.82) is 0 Å². The molecule has 0 bridgehead atoms. The maximum absolute atomic E-state index is 12.6. The summed E-state index contributed by atoms with van der Waals surface area (Å²) in [6.45, 7) is 3.29. The minimum atomic E-state index is -0.692. The lowest BCUT2D eigenvalue weighted by molar-refractivity contribution is 0.0677. The van der Waals surface area contributed by atoms with Crippen LogP contribution in [0.15, 0.2) is 54.1 Å². The summed E-state index contributed by atoms with van der Waals surface area (Å²) in [5.74, 6) is 2.48. The lowest BCUT2D eigenvalue weighted by atomic mass is 9.98. The fourth-order valence-electron chi connectivity index (χ4n) is 2.64. The van der Waals surface area contributed by atoms with E-state index in [1.165, 1.54) is 0 Å². The van der Waals surface area contributed by atoms with Gasteiger partial charge in [0.15, 0.2) is 0 Å². The highest BCUT2D eigenvalue weighted by Gasteiger charge is 2.25. The van der Waals surface area contributed by atoms with Gasteiger partial charge in [-0.3, -0.25) is 5.32 Å². The Morgan fingerprint density at radius 1 is 1.50 bits per heavy atom. The number of β-amino-alcohol motifs (C(OH)–C–C–N with tert-alkyl or cyclic N) is 1. The molecule has 0 radical (unpaired) electrons. The second kappa shape index (κ2) is 8.92. The van der Waals surface area contributed by atoms with Crippen LogP contribution >= 0.6 is 0 Å². The molecule has 1 aliphatic rings. The second-order valence-corrected chi connectivity index (χ2v) is 5.50. The summed E-state index contributed by atoms with van der Waals surface area (Å²) in [4.78, 5) is 14.2. The number of carbonyl (C=O) groups is 1. The minimum absolute atomic E-state index is 0.210. The number of nitrogens with zero attached hydrogens (tertiary/aromatic N) is 1. The summed E-state index contributed by atoms with van der Waals surface area (Å²) in [5, 5.41) is 15.6. The molecule has 24 heavy (non-hydrogen) atoms. The van der Waals surface area contributed by atoms with Crippen LogP contribution in [-0.2, 0) is 0 Å². The molecule has 2 rings (SSSR count). The third-order valence-corrected chi connectivity index (χ3v) is 3.88. The predicted octanol–water partition coefficient (Wildman–Crippen LogP) is 1.80. The van der Waals surface area contributed by atoms with Crippen molar-refractivity contribution in [2.24, 2.45) is 0 Å². The van der Waals surface area contributed by atoms with E-state index in [9.17, 15) is 9.90 Å². The van der Waals surface area contributed by atoms with Gasteiger partial charge in [-0.25, -0.2) is 4.79 Å². The first-order valence-corrected chi connectivity index (χ1v) is 7.96. The van der Waals surface area contributed by atoms with E-state index in [0.29, 0.717) is 13.1 Å². The molecule has 5 nitrogen and oxygen atoms in total. The van der Waals surface area contributed by atoms with Crippen molar-refractivity contribution in [2.75, 3.05) is 19.6 Å². The molecule has 0 aliphatic carbocycles. The van der Waals surface area contributed by atoms with E-state index in [1.807, 2.05) is 49.4 Å². The molecule has 0 spiro atoms. The van der Waals surface area contributed by atoms with Crippen LogP contribution in [0.3, 0.4) is 0 Å². The molecule has 0 saturated carbocycles. The third kappa shape index (κ3) is 4.72. The Labute approximate surface area is 143 Å². The van der Waals surface area contributed by atoms with E-state index < -0.39 is 6.23 Å². The predicted molar refractivity (Wildman–Crippen MR) is 95.0 cm³/mol. The van der Waals surface area contributed by atoms with Crippen LogP contribution in [0, 0.1) is 12.3 Å². The summed E-state index contributed by atoms with van der Waals surface area (Å²) in [5.41, 5.74) is 1.87. The summed E-state index contributed by atoms with van der Waals surface area (Å²) in [6, 6.07) is 9.21. The van der Waals surface area contributed by atoms with E-state index >= 15 is 0 Å². The highest BCUT2D eigenvalue weighted by molar-refractivity contribution is 5.75. The van der Waals surface area contributed by atoms with E-state index in [1.54, 1.807) is 11.0 Å². The van der Waals surface area contributed by atoms with Crippen molar-refractivity contribution in [1.82, 2.24) is 15.5 Å². The molecular weight excluding hydrogens is 302 g/mol. The van der Waals surface area contributed by atoms with Gasteiger partial charge in [0, 0.05) is 13.1 Å². The number of rotatable bonds is 4. The van der Waals surface area contributed by atoms with Gasteiger partial charge in [-0.05, 0) is 30.2 Å². The van der Waals surface area contributed by atoms with Crippen molar-refractivity contribution >= 4 is 6.03 Å². The summed E-state index contributed by atoms with van der Waals surface area (Å²) in [7, 11) is 0. The number of hydrogen-bond donors (Lipinski definition) is 3. The van der Waals surface area contributed by atoms with Crippen molar-refractivity contribution in [3.63, 3.8) is 0 Å². The number of hydrogen-bond acceptors (Lipinski definition) is 3. The third-order valence-electron chi connectivity index (χ3n) is 3.88. The number of allylic oxidation sites excluding steroid dienone is 2. The topological polar surface area (TPSA) is 64.6 Å². The number of aliphatic hydroxyl groups excluding tert-OH is 1. The zero-order chi connectivity index (χ0) is 17.4. The van der Waals surface area contributed by atoms with E-state index in [4.69, 9.17) is 6.42 Å². The fraction of sp³-hybridized carbons (Fsp3) is 0.316. The largest absolute Gasteiger partial charge is 0.377 e. The standard InChI is InChI=1S/C19H23N3O2/c1-3-5-9-15(4-2)18(16-10-7-6-8-11-16)21-19(24)22-13-12-20-17(23)14-22/h1,4-11,17-18,20,23H,12-14H2,2H3,(H,21,24). The molecule has 2 atom stereocenters. The van der Waals surface area contributed by atoms with E-state index in [2.05, 4.69) is 16.6 Å². The maximum Gasteiger partial charge on any atom is 0.318 e. The molecule has 0 aromatic heterocycles. The lowest BCUT2D eigenvalue weighted by Crippen LogP contribution is -2.55. The van der Waals surface area contributed by atoms with Gasteiger partial charge in [0.1, 0.15) is 6.23 Å². The van der Waals surface area contributed by atoms with Gasteiger partial charge in [-0.15, -0.1) is 6.42 Å². The second-order valence-electron chi connectivity index (χ2n) is 5.50. The fourth-order valence-corrected chi connectivity index (χ4v) is 2.64. The quantitative estimate of drug-likeness (QED) is 0.584. The maximum atomic E-state index is 12.6. The first-order valence-electron chi connectivity index (χ1n) is 7.96. The molecule has 2 unspecified atom stereocenters. The molecule has 2 amide bonds. The number of terminal acetylenes is 1. The van der Waals surface area contributed by atoms with Crippen molar-refractivity contribution in [2.45, 2.75) is 19.2 Å². The summed E-state index contributed by atoms with van der Waals surface area (Å²) < 4.78 is 0. The van der Waals surface area contributed by atoms with Gasteiger partial charge < -0.3 is 15.3 Å². The molecule has 3 N–H and O–H groups in total. The molecule has 1 fully saturated rings. The van der Waals surface area contributed by atoms with Crippen LogP contribution in [-0.4, -0.2) is 41.9 Å². The summed E-state index contributed by atoms with van der Waals surface area (Å²) >= 11 is 0. The highest BCUT2D eigenvalue weighted by Crippen LogP contribution is 2.23. The van der Waals surface area contributed by atoms with Crippen molar-refractivity contribution in [3.8, 4) is 12.3 Å². The molecule has 5 heteroatoms. The number of nitrogens with one attached hydrogen (secondary N) is 2. The van der Waals surface area contributed by atoms with E-state index in [-0.39, 0.29) is 18.6 Å². The number of carbonyl (C=O) groups excluding carboxylic acids is 1. The number of piperazine rings is 1. The van der Waals surface area contributed by atoms with Gasteiger partial charge in [0.2, 0.25) is 0 Å². The monoisotopic (exact) mass is 325 g/mol. The van der Waals surface area contributed by atoms with Gasteiger partial charge >= 0.3 is 6.03 Å². The molecule has 1 aliphatic heterocycles. The lowest BCUT2D eigenvalue weighted by Gasteiger charge is -2.32. The Balaban J connectivity index is 2.21. The van der Waals surface area contributed by atoms with Crippen molar-refractivity contribution in [3.05, 3.63) is 59.7 Å². The van der Waals surface area contributed by atoms with Gasteiger partial charge in [-0.1, -0.05) is 42.3 Å². The summed E-state index contributed by atoms with van der Waals surface area (Å²) in [6.07, 6.45) is 9.99. The Morgan fingerprint density at radius 3 is 2.88 bits per heavy atom. The number of benzene rings is 1. The smallest absolute Gasteiger partial charge is 0.318 e. The normalized spacial score (nSPS) is 19.8. The highest BCUT2D eigenvalue weighted by atomic mass is 16.3. The van der Waals surface area contributed by atoms with Gasteiger partial charge in [0.05, 0.1) is 12.6 Å². The first kappa shape index (κ1) is 17.8. The van der Waals surface area contributed by atoms with Crippen molar-refractivity contribution < 1.29 is 9.90 Å². The van der Waals surface area contributed by atoms with Crippen LogP contribution in [0.1, 0.15) is 18.5 Å². The average molecular weight is 325 g/mol. The van der Waals surface area contributed by atoms with Gasteiger partial charge in [0.25, 0.3) is 0 Å². The van der Waals surface area contributed by atoms with Crippen LogP contribution in [0.4, 0.5) is 4.79 Å². The zero-order valence-electron chi connectivity index (χ0n) is 13.8. The molecular formula is C19H23N3O2. The molecule has 126 valence electrons. The minimum Gasteiger partial charge on any atom is -0.377 e. The Morgan fingerprint density at radius 2 is 2.25 bits per heavy atom. The Hall–Kier alpha value is -2.55. The number of urea groups is 1. The van der Waals surface area contributed by atoms with Crippen LogP contribution < -0.4 is 10.6 Å². The SMILES string of the molecule is C#CC=CC(=CC)C(NC(=O)N1CCNC(O)C1)c1ccccc1. The Kier molecular flexibility index (Phi) is 6.62. The van der Waals surface area contributed by atoms with Gasteiger partial charge in [-0.2, -0.15) is 0 Å². The number of aliphatic hydroxyl groups is 1. The Bertz CT molecular complexity index is 646. The van der Waals surface area contributed by atoms with Crippen LogP contribution in [0.25, 0.3) is 0 Å². The number of amides is 2. The first-order chi connectivity index (χ1) is 11.7. The molecule has 1 heterocycles.